The molecule has 0 bridgehead atoms. The number of carbonyl (C=O) groups is 1. The summed E-state index contributed by atoms with van der Waals surface area (Å²) in [6, 6.07) is 12.8. The lowest BCUT2D eigenvalue weighted by molar-refractivity contribution is -0.274. The normalized spacial score (nSPS) is 27.7. The van der Waals surface area contributed by atoms with Crippen LogP contribution in [0.2, 0.25) is 0 Å². The second-order valence-corrected chi connectivity index (χ2v) is 11.2. The Balaban J connectivity index is 1.32. The van der Waals surface area contributed by atoms with Gasteiger partial charge in [0.2, 0.25) is 5.91 Å². The number of halogens is 3. The number of hydrogen-bond donors (Lipinski definition) is 2. The first kappa shape index (κ1) is 27.5. The predicted octanol–water partition coefficient (Wildman–Crippen LogP) is 5.41. The van der Waals surface area contributed by atoms with Crippen molar-refractivity contribution in [1.29, 1.82) is 0 Å². The number of nitrogens with zero attached hydrogens (tertiary/aromatic N) is 1. The van der Waals surface area contributed by atoms with E-state index in [-0.39, 0.29) is 28.9 Å². The first-order chi connectivity index (χ1) is 18.6. The number of amides is 1. The molecule has 0 aromatic heterocycles. The van der Waals surface area contributed by atoms with E-state index in [9.17, 15) is 23.1 Å². The second-order valence-electron chi connectivity index (χ2n) is 11.2. The summed E-state index contributed by atoms with van der Waals surface area (Å²) in [4.78, 5) is 15.4. The largest absolute Gasteiger partial charge is 0.573 e. The number of phenols is 1. The molecule has 3 atom stereocenters. The van der Waals surface area contributed by atoms with Gasteiger partial charge in [-0.05, 0) is 92.5 Å². The SMILES string of the molecule is COC12CCC(NC(=O)C=Cc3cccc(OC(F)(F)F)c3)CC1(c1cccc(O)c1)CCN(CC1CC1)C2. The summed E-state index contributed by atoms with van der Waals surface area (Å²) in [5.74, 6) is 0.326. The molecule has 3 unspecified atom stereocenters. The van der Waals surface area contributed by atoms with Crippen LogP contribution in [0.4, 0.5) is 13.2 Å². The third kappa shape index (κ3) is 6.25. The van der Waals surface area contributed by atoms with Crippen molar-refractivity contribution in [1.82, 2.24) is 10.2 Å². The maximum atomic E-state index is 12.9. The van der Waals surface area contributed by atoms with Gasteiger partial charge in [0.05, 0.1) is 5.60 Å². The number of piperidine rings is 1. The number of aromatic hydroxyl groups is 1. The molecule has 210 valence electrons. The first-order valence-electron chi connectivity index (χ1n) is 13.5. The number of nitrogens with one attached hydrogen (secondary N) is 1. The van der Waals surface area contributed by atoms with Gasteiger partial charge in [-0.25, -0.2) is 0 Å². The zero-order valence-corrected chi connectivity index (χ0v) is 22.0. The average molecular weight is 545 g/mol. The van der Waals surface area contributed by atoms with Gasteiger partial charge in [-0.15, -0.1) is 13.2 Å². The highest BCUT2D eigenvalue weighted by atomic mass is 19.4. The molecule has 3 fully saturated rings. The Morgan fingerprint density at radius 3 is 2.67 bits per heavy atom. The summed E-state index contributed by atoms with van der Waals surface area (Å²) in [7, 11) is 1.77. The number of phenolic OH excluding ortho intramolecular Hbond substituents is 1. The molecule has 9 heteroatoms. The van der Waals surface area contributed by atoms with E-state index in [4.69, 9.17) is 4.74 Å². The minimum atomic E-state index is -4.78. The molecule has 2 saturated carbocycles. The van der Waals surface area contributed by atoms with Gasteiger partial charge in [-0.3, -0.25) is 4.79 Å². The summed E-state index contributed by atoms with van der Waals surface area (Å²) < 4.78 is 48.0. The maximum Gasteiger partial charge on any atom is 0.573 e. The van der Waals surface area contributed by atoms with E-state index in [1.165, 1.54) is 43.2 Å². The van der Waals surface area contributed by atoms with Gasteiger partial charge in [0.1, 0.15) is 11.5 Å². The van der Waals surface area contributed by atoms with Crippen LogP contribution in [0.15, 0.2) is 54.6 Å². The number of hydrogen-bond acceptors (Lipinski definition) is 5. The smallest absolute Gasteiger partial charge is 0.508 e. The van der Waals surface area contributed by atoms with Crippen LogP contribution in [0.1, 0.15) is 49.7 Å². The Labute approximate surface area is 226 Å². The Kier molecular flexibility index (Phi) is 7.66. The average Bonchev–Trinajstić information content (AvgIpc) is 3.71. The molecule has 1 saturated heterocycles. The van der Waals surface area contributed by atoms with Crippen molar-refractivity contribution in [3.8, 4) is 11.5 Å². The van der Waals surface area contributed by atoms with E-state index in [2.05, 4.69) is 15.0 Å². The van der Waals surface area contributed by atoms with Crippen LogP contribution in [-0.4, -0.2) is 60.7 Å². The van der Waals surface area contributed by atoms with Crippen molar-refractivity contribution < 1.29 is 32.5 Å². The highest BCUT2D eigenvalue weighted by Gasteiger charge is 2.59. The maximum absolute atomic E-state index is 12.9. The second kappa shape index (κ2) is 10.8. The van der Waals surface area contributed by atoms with Crippen LogP contribution < -0.4 is 10.1 Å². The molecule has 2 aromatic carbocycles. The number of benzene rings is 2. The molecule has 0 radical (unpaired) electrons. The highest BCUT2D eigenvalue weighted by molar-refractivity contribution is 5.92. The van der Waals surface area contributed by atoms with Crippen LogP contribution in [0.5, 0.6) is 11.5 Å². The van der Waals surface area contributed by atoms with Crippen molar-refractivity contribution in [3.05, 3.63) is 65.7 Å². The summed E-state index contributed by atoms with van der Waals surface area (Å²) in [5, 5.41) is 13.4. The molecule has 2 aliphatic carbocycles. The fourth-order valence-corrected chi connectivity index (χ4v) is 6.58. The standard InChI is InChI=1S/C30H35F3N2O4/c1-38-29-13-12-24(34-27(37)11-10-21-4-2-7-26(16-21)39-30(31,32)33)18-28(29,23-5-3-6-25(36)17-23)14-15-35(20-29)19-22-8-9-22/h2-7,10-11,16-17,22,24,36H,8-9,12-15,18-20H2,1H3,(H,34,37). The van der Waals surface area contributed by atoms with E-state index in [0.29, 0.717) is 12.0 Å². The van der Waals surface area contributed by atoms with Gasteiger partial charge >= 0.3 is 6.36 Å². The number of ether oxygens (including phenoxy) is 2. The molecular weight excluding hydrogens is 509 g/mol. The Bertz CT molecular complexity index is 1210. The minimum Gasteiger partial charge on any atom is -0.508 e. The lowest BCUT2D eigenvalue weighted by atomic mass is 9.55. The molecule has 1 heterocycles. The van der Waals surface area contributed by atoms with E-state index in [1.807, 2.05) is 18.2 Å². The van der Waals surface area contributed by atoms with Crippen molar-refractivity contribution in [2.45, 2.75) is 61.9 Å². The quantitative estimate of drug-likeness (QED) is 0.435. The topological polar surface area (TPSA) is 71.0 Å². The molecule has 5 rings (SSSR count). The molecule has 0 spiro atoms. The van der Waals surface area contributed by atoms with E-state index in [0.717, 1.165) is 50.4 Å². The predicted molar refractivity (Wildman–Crippen MR) is 141 cm³/mol. The number of fused-ring (bicyclic) bond motifs is 1. The van der Waals surface area contributed by atoms with Gasteiger partial charge < -0.3 is 24.8 Å². The number of rotatable bonds is 8. The van der Waals surface area contributed by atoms with Gasteiger partial charge in [-0.2, -0.15) is 0 Å². The molecule has 1 aliphatic heterocycles. The Hall–Kier alpha value is -3.04. The molecule has 1 amide bonds. The number of methoxy groups -OCH3 is 1. The van der Waals surface area contributed by atoms with Crippen LogP contribution >= 0.6 is 0 Å². The number of likely N-dealkylation sites (tertiary alicyclic amines) is 1. The van der Waals surface area contributed by atoms with Crippen molar-refractivity contribution in [3.63, 3.8) is 0 Å². The summed E-state index contributed by atoms with van der Waals surface area (Å²) in [6.07, 6.45) is 3.61. The summed E-state index contributed by atoms with van der Waals surface area (Å²) >= 11 is 0. The van der Waals surface area contributed by atoms with Crippen LogP contribution in [0, 0.1) is 5.92 Å². The van der Waals surface area contributed by atoms with E-state index < -0.39 is 12.0 Å². The lowest BCUT2D eigenvalue weighted by Crippen LogP contribution is -2.68. The van der Waals surface area contributed by atoms with Crippen molar-refractivity contribution in [2.75, 3.05) is 26.7 Å². The zero-order chi connectivity index (χ0) is 27.7. The monoisotopic (exact) mass is 544 g/mol. The molecular formula is C30H35F3N2O4. The van der Waals surface area contributed by atoms with Gasteiger partial charge in [-0.1, -0.05) is 24.3 Å². The van der Waals surface area contributed by atoms with Gasteiger partial charge in [0, 0.05) is 37.7 Å². The number of carbonyl (C=O) groups excluding carboxylic acids is 1. The molecule has 2 N–H and O–H groups in total. The Morgan fingerprint density at radius 2 is 1.95 bits per heavy atom. The fourth-order valence-electron chi connectivity index (χ4n) is 6.58. The van der Waals surface area contributed by atoms with E-state index >= 15 is 0 Å². The van der Waals surface area contributed by atoms with Crippen molar-refractivity contribution >= 4 is 12.0 Å². The first-order valence-corrected chi connectivity index (χ1v) is 13.5. The third-order valence-corrected chi connectivity index (χ3v) is 8.57. The fraction of sp³-hybridized carbons (Fsp3) is 0.500. The van der Waals surface area contributed by atoms with Crippen LogP contribution in [0.25, 0.3) is 6.08 Å². The summed E-state index contributed by atoms with van der Waals surface area (Å²) in [6.45, 7) is 2.82. The highest BCUT2D eigenvalue weighted by Crippen LogP contribution is 2.54. The molecule has 3 aliphatic rings. The zero-order valence-electron chi connectivity index (χ0n) is 22.0. The number of alkyl halides is 3. The minimum absolute atomic E-state index is 0.123. The lowest BCUT2D eigenvalue weighted by Gasteiger charge is -2.60. The third-order valence-electron chi connectivity index (χ3n) is 8.57. The molecule has 39 heavy (non-hydrogen) atoms. The Morgan fingerprint density at radius 1 is 1.15 bits per heavy atom. The van der Waals surface area contributed by atoms with E-state index in [1.54, 1.807) is 19.2 Å². The molecule has 6 nitrogen and oxygen atoms in total. The molecule has 2 aromatic rings. The van der Waals surface area contributed by atoms with Crippen LogP contribution in [-0.2, 0) is 14.9 Å². The van der Waals surface area contributed by atoms with Crippen LogP contribution in [0.3, 0.4) is 0 Å². The van der Waals surface area contributed by atoms with Crippen molar-refractivity contribution in [2.24, 2.45) is 5.92 Å². The van der Waals surface area contributed by atoms with Gasteiger partial charge in [0.15, 0.2) is 0 Å². The summed E-state index contributed by atoms with van der Waals surface area (Å²) in [5.41, 5.74) is 0.618. The van der Waals surface area contributed by atoms with Gasteiger partial charge in [0.25, 0.3) is 0 Å².